The lowest BCUT2D eigenvalue weighted by atomic mass is 10.1. The standard InChI is InChI=1S/C16H20N4O2S/c1-2-20-16(22)14(19-8-4-3-5-9-19)12(11-17-20)18-15(21)13-7-6-10-23-13/h6-7,10-11H,2-5,8-9H2,1H3,(H,18,21). The zero-order chi connectivity index (χ0) is 16.2. The average Bonchev–Trinajstić information content (AvgIpc) is 3.11. The van der Waals surface area contributed by atoms with Crippen molar-refractivity contribution in [2.75, 3.05) is 23.3 Å². The molecule has 0 aromatic carbocycles. The molecule has 2 aromatic rings. The second-order valence-electron chi connectivity index (χ2n) is 5.51. The first-order valence-corrected chi connectivity index (χ1v) is 8.78. The van der Waals surface area contributed by atoms with Gasteiger partial charge in [-0.05, 0) is 37.6 Å². The Kier molecular flexibility index (Phi) is 4.76. The van der Waals surface area contributed by atoms with E-state index >= 15 is 0 Å². The summed E-state index contributed by atoms with van der Waals surface area (Å²) in [6, 6.07) is 3.60. The molecule has 1 aliphatic rings. The SMILES string of the molecule is CCn1ncc(NC(=O)c2cccs2)c(N2CCCCC2)c1=O. The van der Waals surface area contributed by atoms with Crippen LogP contribution in [0, 0.1) is 0 Å². The maximum absolute atomic E-state index is 12.7. The fourth-order valence-electron chi connectivity index (χ4n) is 2.81. The third-order valence-electron chi connectivity index (χ3n) is 3.98. The number of aryl methyl sites for hydroxylation is 1. The Bertz CT molecular complexity index is 733. The number of nitrogens with zero attached hydrogens (tertiary/aromatic N) is 3. The second kappa shape index (κ2) is 6.95. The molecule has 0 atom stereocenters. The molecule has 0 bridgehead atoms. The molecule has 0 radical (unpaired) electrons. The first kappa shape index (κ1) is 15.7. The second-order valence-corrected chi connectivity index (χ2v) is 6.45. The van der Waals surface area contributed by atoms with Crippen molar-refractivity contribution in [1.29, 1.82) is 0 Å². The monoisotopic (exact) mass is 332 g/mol. The molecule has 0 unspecified atom stereocenters. The predicted octanol–water partition coefficient (Wildman–Crippen LogP) is 2.57. The summed E-state index contributed by atoms with van der Waals surface area (Å²) >= 11 is 1.37. The molecule has 1 fully saturated rings. The maximum Gasteiger partial charge on any atom is 0.292 e. The molecule has 0 saturated carbocycles. The van der Waals surface area contributed by atoms with Crippen LogP contribution in [-0.2, 0) is 6.54 Å². The van der Waals surface area contributed by atoms with Gasteiger partial charge in [-0.1, -0.05) is 6.07 Å². The van der Waals surface area contributed by atoms with E-state index < -0.39 is 0 Å². The Morgan fingerprint density at radius 3 is 2.78 bits per heavy atom. The fourth-order valence-corrected chi connectivity index (χ4v) is 3.43. The van der Waals surface area contributed by atoms with Crippen molar-refractivity contribution in [3.63, 3.8) is 0 Å². The molecular weight excluding hydrogens is 312 g/mol. The number of hydrogen-bond donors (Lipinski definition) is 1. The maximum atomic E-state index is 12.7. The molecule has 23 heavy (non-hydrogen) atoms. The van der Waals surface area contributed by atoms with E-state index in [1.807, 2.05) is 18.4 Å². The average molecular weight is 332 g/mol. The summed E-state index contributed by atoms with van der Waals surface area (Å²) in [5.74, 6) is -0.200. The number of carbonyl (C=O) groups excluding carboxylic acids is 1. The van der Waals surface area contributed by atoms with Gasteiger partial charge in [0.1, 0.15) is 5.69 Å². The van der Waals surface area contributed by atoms with E-state index in [1.165, 1.54) is 22.4 Å². The van der Waals surface area contributed by atoms with Crippen LogP contribution < -0.4 is 15.8 Å². The van der Waals surface area contributed by atoms with Gasteiger partial charge in [0.15, 0.2) is 0 Å². The van der Waals surface area contributed by atoms with Crippen molar-refractivity contribution < 1.29 is 4.79 Å². The van der Waals surface area contributed by atoms with Gasteiger partial charge < -0.3 is 10.2 Å². The molecule has 2 aromatic heterocycles. The van der Waals surface area contributed by atoms with Crippen LogP contribution in [0.5, 0.6) is 0 Å². The fraction of sp³-hybridized carbons (Fsp3) is 0.438. The molecule has 122 valence electrons. The highest BCUT2D eigenvalue weighted by Gasteiger charge is 2.21. The molecule has 3 rings (SSSR count). The minimum absolute atomic E-state index is 0.140. The van der Waals surface area contributed by atoms with Crippen molar-refractivity contribution in [3.05, 3.63) is 38.9 Å². The Labute approximate surface area is 138 Å². The highest BCUT2D eigenvalue weighted by molar-refractivity contribution is 7.12. The van der Waals surface area contributed by atoms with E-state index in [4.69, 9.17) is 0 Å². The van der Waals surface area contributed by atoms with Gasteiger partial charge in [-0.25, -0.2) is 4.68 Å². The number of amides is 1. The zero-order valence-electron chi connectivity index (χ0n) is 13.1. The molecule has 3 heterocycles. The first-order valence-electron chi connectivity index (χ1n) is 7.90. The summed E-state index contributed by atoms with van der Waals surface area (Å²) in [7, 11) is 0. The summed E-state index contributed by atoms with van der Waals surface area (Å²) in [5, 5.41) is 8.86. The number of aromatic nitrogens is 2. The smallest absolute Gasteiger partial charge is 0.292 e. The zero-order valence-corrected chi connectivity index (χ0v) is 13.9. The lowest BCUT2D eigenvalue weighted by Crippen LogP contribution is -2.37. The number of carbonyl (C=O) groups is 1. The van der Waals surface area contributed by atoms with Gasteiger partial charge in [-0.2, -0.15) is 5.10 Å². The minimum Gasteiger partial charge on any atom is -0.365 e. The van der Waals surface area contributed by atoms with Crippen LogP contribution in [0.3, 0.4) is 0 Å². The molecule has 1 saturated heterocycles. The molecule has 1 amide bonds. The van der Waals surface area contributed by atoms with E-state index in [1.54, 1.807) is 12.3 Å². The number of piperidine rings is 1. The summed E-state index contributed by atoms with van der Waals surface area (Å²) in [5.41, 5.74) is 0.921. The van der Waals surface area contributed by atoms with Gasteiger partial charge in [-0.3, -0.25) is 9.59 Å². The van der Waals surface area contributed by atoms with Gasteiger partial charge in [0.2, 0.25) is 0 Å². The Morgan fingerprint density at radius 2 is 2.13 bits per heavy atom. The third-order valence-corrected chi connectivity index (χ3v) is 4.85. The van der Waals surface area contributed by atoms with E-state index in [2.05, 4.69) is 15.3 Å². The van der Waals surface area contributed by atoms with Crippen molar-refractivity contribution in [3.8, 4) is 0 Å². The number of thiophene rings is 1. The van der Waals surface area contributed by atoms with E-state index in [9.17, 15) is 9.59 Å². The van der Waals surface area contributed by atoms with Crippen LogP contribution in [0.15, 0.2) is 28.5 Å². The van der Waals surface area contributed by atoms with Crippen molar-refractivity contribution in [2.24, 2.45) is 0 Å². The van der Waals surface area contributed by atoms with Gasteiger partial charge in [-0.15, -0.1) is 11.3 Å². The van der Waals surface area contributed by atoms with E-state index in [-0.39, 0.29) is 11.5 Å². The van der Waals surface area contributed by atoms with Gasteiger partial charge >= 0.3 is 0 Å². The van der Waals surface area contributed by atoms with Crippen molar-refractivity contribution in [1.82, 2.24) is 9.78 Å². The summed E-state index contributed by atoms with van der Waals surface area (Å²) in [4.78, 5) is 27.7. The minimum atomic E-state index is -0.200. The van der Waals surface area contributed by atoms with Crippen LogP contribution in [0.25, 0.3) is 0 Å². The van der Waals surface area contributed by atoms with Gasteiger partial charge in [0.25, 0.3) is 11.5 Å². The highest BCUT2D eigenvalue weighted by Crippen LogP contribution is 2.25. The van der Waals surface area contributed by atoms with E-state index in [0.29, 0.717) is 22.8 Å². The predicted molar refractivity (Wildman–Crippen MR) is 92.5 cm³/mol. The van der Waals surface area contributed by atoms with Gasteiger partial charge in [0, 0.05) is 19.6 Å². The lowest BCUT2D eigenvalue weighted by molar-refractivity contribution is 0.103. The number of nitrogens with one attached hydrogen (secondary N) is 1. The van der Waals surface area contributed by atoms with Gasteiger partial charge in [0.05, 0.1) is 16.8 Å². The Hall–Kier alpha value is -2.15. The molecular formula is C16H20N4O2S. The molecule has 1 aliphatic heterocycles. The molecule has 6 nitrogen and oxygen atoms in total. The number of rotatable bonds is 4. The van der Waals surface area contributed by atoms with Crippen LogP contribution >= 0.6 is 11.3 Å². The summed E-state index contributed by atoms with van der Waals surface area (Å²) in [6.45, 7) is 4.08. The highest BCUT2D eigenvalue weighted by atomic mass is 32.1. The van der Waals surface area contributed by atoms with E-state index in [0.717, 1.165) is 25.9 Å². The first-order chi connectivity index (χ1) is 11.2. The normalized spacial score (nSPS) is 14.7. The lowest BCUT2D eigenvalue weighted by Gasteiger charge is -2.29. The van der Waals surface area contributed by atoms with Crippen LogP contribution in [0.1, 0.15) is 35.9 Å². The molecule has 1 N–H and O–H groups in total. The molecule has 7 heteroatoms. The summed E-state index contributed by atoms with van der Waals surface area (Å²) in [6.07, 6.45) is 4.89. The quantitative estimate of drug-likeness (QED) is 0.934. The Balaban J connectivity index is 1.96. The molecule has 0 spiro atoms. The van der Waals surface area contributed by atoms with Crippen LogP contribution in [0.2, 0.25) is 0 Å². The van der Waals surface area contributed by atoms with Crippen molar-refractivity contribution in [2.45, 2.75) is 32.7 Å². The van der Waals surface area contributed by atoms with Crippen LogP contribution in [0.4, 0.5) is 11.4 Å². The largest absolute Gasteiger partial charge is 0.365 e. The third kappa shape index (κ3) is 3.29. The van der Waals surface area contributed by atoms with Crippen LogP contribution in [-0.4, -0.2) is 28.8 Å². The number of hydrogen-bond acceptors (Lipinski definition) is 5. The molecule has 0 aliphatic carbocycles. The topological polar surface area (TPSA) is 67.2 Å². The number of anilines is 2. The van der Waals surface area contributed by atoms with Crippen molar-refractivity contribution >= 4 is 28.6 Å². The Morgan fingerprint density at radius 1 is 1.35 bits per heavy atom. The summed E-state index contributed by atoms with van der Waals surface area (Å²) < 4.78 is 1.44.